The Bertz CT molecular complexity index is 178. The number of piperidine rings is 1. The van der Waals surface area contributed by atoms with E-state index < -0.39 is 0 Å². The van der Waals surface area contributed by atoms with Crippen LogP contribution in [0.5, 0.6) is 0 Å². The summed E-state index contributed by atoms with van der Waals surface area (Å²) in [6.07, 6.45) is 5.79. The standard InChI is InChI=1S/C12H23N/c1-12(2,3)9-7-10-5-6-11(8-9)13(10)4/h9-11H,5-8H2,1-4H3/t9?,10-,11+. The smallest absolute Gasteiger partial charge is 0.00985 e. The maximum Gasteiger partial charge on any atom is 0.00985 e. The Balaban J connectivity index is 2.07. The largest absolute Gasteiger partial charge is 0.300 e. The molecule has 1 nitrogen and oxygen atoms in total. The van der Waals surface area contributed by atoms with Gasteiger partial charge in [0.1, 0.15) is 0 Å². The van der Waals surface area contributed by atoms with Gasteiger partial charge in [0.05, 0.1) is 0 Å². The van der Waals surface area contributed by atoms with Crippen molar-refractivity contribution in [3.63, 3.8) is 0 Å². The molecule has 2 fully saturated rings. The zero-order valence-electron chi connectivity index (χ0n) is 9.51. The second kappa shape index (κ2) is 2.98. The van der Waals surface area contributed by atoms with Gasteiger partial charge in [0.25, 0.3) is 0 Å². The van der Waals surface area contributed by atoms with Gasteiger partial charge in [0.2, 0.25) is 0 Å². The van der Waals surface area contributed by atoms with Gasteiger partial charge >= 0.3 is 0 Å². The van der Waals surface area contributed by atoms with Gasteiger partial charge in [-0.25, -0.2) is 0 Å². The lowest BCUT2D eigenvalue weighted by Gasteiger charge is -2.42. The van der Waals surface area contributed by atoms with E-state index in [0.717, 1.165) is 18.0 Å². The van der Waals surface area contributed by atoms with Crippen LogP contribution in [-0.2, 0) is 0 Å². The van der Waals surface area contributed by atoms with Crippen molar-refractivity contribution in [1.29, 1.82) is 0 Å². The van der Waals surface area contributed by atoms with E-state index in [1.165, 1.54) is 25.7 Å². The van der Waals surface area contributed by atoms with Crippen molar-refractivity contribution in [2.24, 2.45) is 11.3 Å². The molecule has 0 saturated carbocycles. The van der Waals surface area contributed by atoms with E-state index >= 15 is 0 Å². The second-order valence-electron chi connectivity index (χ2n) is 6.08. The molecule has 0 N–H and O–H groups in total. The van der Waals surface area contributed by atoms with Crippen molar-refractivity contribution >= 4 is 0 Å². The molecule has 0 aromatic carbocycles. The molecule has 2 aliphatic rings. The summed E-state index contributed by atoms with van der Waals surface area (Å²) in [5, 5.41) is 0. The van der Waals surface area contributed by atoms with Crippen LogP contribution in [0.1, 0.15) is 46.5 Å². The molecule has 0 aromatic heterocycles. The van der Waals surface area contributed by atoms with E-state index in [4.69, 9.17) is 0 Å². The van der Waals surface area contributed by atoms with Gasteiger partial charge in [-0.15, -0.1) is 0 Å². The minimum atomic E-state index is 0.530. The Morgan fingerprint density at radius 3 is 1.85 bits per heavy atom. The number of rotatable bonds is 0. The molecular formula is C12H23N. The van der Waals surface area contributed by atoms with Gasteiger partial charge in [-0.1, -0.05) is 20.8 Å². The third kappa shape index (κ3) is 1.63. The van der Waals surface area contributed by atoms with Gasteiger partial charge in [-0.05, 0) is 44.1 Å². The Labute approximate surface area is 82.5 Å². The fourth-order valence-corrected chi connectivity index (χ4v) is 3.12. The fourth-order valence-electron chi connectivity index (χ4n) is 3.12. The molecule has 0 aromatic rings. The van der Waals surface area contributed by atoms with Crippen LogP contribution >= 0.6 is 0 Å². The number of hydrogen-bond acceptors (Lipinski definition) is 1. The Morgan fingerprint density at radius 2 is 1.46 bits per heavy atom. The maximum atomic E-state index is 2.63. The predicted octanol–water partition coefficient (Wildman–Crippen LogP) is 2.91. The van der Waals surface area contributed by atoms with E-state index in [0.29, 0.717) is 5.41 Å². The van der Waals surface area contributed by atoms with Gasteiger partial charge in [-0.2, -0.15) is 0 Å². The zero-order chi connectivity index (χ0) is 9.64. The van der Waals surface area contributed by atoms with Crippen molar-refractivity contribution in [1.82, 2.24) is 4.90 Å². The molecule has 1 heteroatoms. The highest BCUT2D eigenvalue weighted by Gasteiger charge is 2.41. The Kier molecular flexibility index (Phi) is 2.18. The van der Waals surface area contributed by atoms with Crippen LogP contribution in [0.2, 0.25) is 0 Å². The first-order valence-electron chi connectivity index (χ1n) is 5.70. The van der Waals surface area contributed by atoms with Gasteiger partial charge in [-0.3, -0.25) is 0 Å². The molecule has 2 bridgehead atoms. The Morgan fingerprint density at radius 1 is 1.00 bits per heavy atom. The van der Waals surface area contributed by atoms with E-state index in [1.807, 2.05) is 0 Å². The van der Waals surface area contributed by atoms with Crippen molar-refractivity contribution in [3.8, 4) is 0 Å². The molecule has 2 heterocycles. The van der Waals surface area contributed by atoms with Crippen LogP contribution in [0, 0.1) is 11.3 Å². The van der Waals surface area contributed by atoms with E-state index in [9.17, 15) is 0 Å². The first-order chi connectivity index (χ1) is 5.98. The summed E-state index contributed by atoms with van der Waals surface area (Å²) in [4.78, 5) is 2.63. The predicted molar refractivity (Wildman–Crippen MR) is 56.8 cm³/mol. The van der Waals surface area contributed by atoms with Crippen LogP contribution < -0.4 is 0 Å². The summed E-state index contributed by atoms with van der Waals surface area (Å²) in [5.41, 5.74) is 0.530. The summed E-state index contributed by atoms with van der Waals surface area (Å²) < 4.78 is 0. The lowest BCUT2D eigenvalue weighted by atomic mass is 9.73. The highest BCUT2D eigenvalue weighted by molar-refractivity contribution is 4.96. The molecule has 1 unspecified atom stereocenters. The van der Waals surface area contributed by atoms with E-state index in [-0.39, 0.29) is 0 Å². The topological polar surface area (TPSA) is 3.24 Å². The monoisotopic (exact) mass is 181 g/mol. The number of fused-ring (bicyclic) bond motifs is 2. The first-order valence-corrected chi connectivity index (χ1v) is 5.70. The third-order valence-electron chi connectivity index (χ3n) is 4.32. The average molecular weight is 181 g/mol. The first kappa shape index (κ1) is 9.51. The fraction of sp³-hybridized carbons (Fsp3) is 1.00. The summed E-state index contributed by atoms with van der Waals surface area (Å²) >= 11 is 0. The van der Waals surface area contributed by atoms with Crippen LogP contribution in [0.25, 0.3) is 0 Å². The van der Waals surface area contributed by atoms with Crippen LogP contribution in [0.4, 0.5) is 0 Å². The van der Waals surface area contributed by atoms with Crippen LogP contribution in [0.15, 0.2) is 0 Å². The van der Waals surface area contributed by atoms with Gasteiger partial charge in [0, 0.05) is 12.1 Å². The molecular weight excluding hydrogens is 158 g/mol. The molecule has 76 valence electrons. The quantitative estimate of drug-likeness (QED) is 0.555. The average Bonchev–Trinajstić information content (AvgIpc) is 2.29. The highest BCUT2D eigenvalue weighted by atomic mass is 15.2. The summed E-state index contributed by atoms with van der Waals surface area (Å²) in [7, 11) is 2.32. The minimum absolute atomic E-state index is 0.530. The van der Waals surface area contributed by atoms with Crippen molar-refractivity contribution in [2.75, 3.05) is 7.05 Å². The van der Waals surface area contributed by atoms with Gasteiger partial charge in [0.15, 0.2) is 0 Å². The lowest BCUT2D eigenvalue weighted by molar-refractivity contribution is 0.0736. The SMILES string of the molecule is CN1[C@@H]2CC[C@H]1CC(C(C)(C)C)C2. The molecule has 0 aliphatic carbocycles. The molecule has 2 aliphatic heterocycles. The molecule has 0 radical (unpaired) electrons. The van der Waals surface area contributed by atoms with E-state index in [2.05, 4.69) is 32.7 Å². The van der Waals surface area contributed by atoms with Crippen LogP contribution in [-0.4, -0.2) is 24.0 Å². The Hall–Kier alpha value is -0.0400. The molecule has 2 saturated heterocycles. The van der Waals surface area contributed by atoms with Crippen molar-refractivity contribution in [2.45, 2.75) is 58.5 Å². The van der Waals surface area contributed by atoms with Crippen molar-refractivity contribution in [3.05, 3.63) is 0 Å². The molecule has 2 rings (SSSR count). The third-order valence-corrected chi connectivity index (χ3v) is 4.32. The zero-order valence-corrected chi connectivity index (χ0v) is 9.51. The van der Waals surface area contributed by atoms with Crippen molar-refractivity contribution < 1.29 is 0 Å². The summed E-state index contributed by atoms with van der Waals surface area (Å²) in [6, 6.07) is 1.81. The number of hydrogen-bond donors (Lipinski definition) is 0. The normalized spacial score (nSPS) is 41.1. The van der Waals surface area contributed by atoms with Gasteiger partial charge < -0.3 is 4.90 Å². The highest BCUT2D eigenvalue weighted by Crippen LogP contribution is 2.44. The molecule has 0 spiro atoms. The summed E-state index contributed by atoms with van der Waals surface area (Å²) in [6.45, 7) is 7.22. The van der Waals surface area contributed by atoms with Crippen LogP contribution in [0.3, 0.4) is 0 Å². The molecule has 0 amide bonds. The second-order valence-corrected chi connectivity index (χ2v) is 6.08. The maximum absolute atomic E-state index is 2.63. The van der Waals surface area contributed by atoms with E-state index in [1.54, 1.807) is 0 Å². The molecule has 13 heavy (non-hydrogen) atoms. The summed E-state index contributed by atoms with van der Waals surface area (Å²) in [5.74, 6) is 0.959. The number of nitrogens with zero attached hydrogens (tertiary/aromatic N) is 1. The molecule has 3 atom stereocenters. The minimum Gasteiger partial charge on any atom is -0.300 e. The lowest BCUT2D eigenvalue weighted by Crippen LogP contribution is -2.43.